The zero-order valence-corrected chi connectivity index (χ0v) is 14.0. The zero-order chi connectivity index (χ0) is 15.2. The maximum absolute atomic E-state index is 5.82. The number of benzene rings is 2. The van der Waals surface area contributed by atoms with Crippen LogP contribution < -0.4 is 15.2 Å². The molecule has 110 valence electrons. The molecule has 0 aliphatic rings. The molecule has 2 N–H and O–H groups in total. The lowest BCUT2D eigenvalue weighted by atomic mass is 10.2. The van der Waals surface area contributed by atoms with E-state index < -0.39 is 0 Å². The molecule has 0 spiro atoms. The Morgan fingerprint density at radius 1 is 1.14 bits per heavy atom. The minimum atomic E-state index is 0.361. The summed E-state index contributed by atoms with van der Waals surface area (Å²) in [6.07, 6.45) is 0.987. The molecule has 0 unspecified atom stereocenters. The number of ether oxygens (including phenoxy) is 2. The van der Waals surface area contributed by atoms with Crippen molar-refractivity contribution in [3.8, 4) is 17.2 Å². The molecule has 0 aliphatic heterocycles. The summed E-state index contributed by atoms with van der Waals surface area (Å²) in [5.41, 5.74) is 6.40. The first-order chi connectivity index (χ1) is 10.1. The van der Waals surface area contributed by atoms with Crippen LogP contribution in [-0.2, 0) is 0 Å². The molecule has 0 fully saturated rings. The number of rotatable bonds is 6. The lowest BCUT2D eigenvalue weighted by Gasteiger charge is -2.10. The highest BCUT2D eigenvalue weighted by Crippen LogP contribution is 2.31. The molecule has 0 amide bonds. The first-order valence-electron chi connectivity index (χ1n) is 6.60. The van der Waals surface area contributed by atoms with E-state index >= 15 is 0 Å². The van der Waals surface area contributed by atoms with Gasteiger partial charge in [-0.05, 0) is 64.8 Å². The summed E-state index contributed by atoms with van der Waals surface area (Å²) in [6, 6.07) is 13.0. The summed E-state index contributed by atoms with van der Waals surface area (Å²) < 4.78 is 12.2. The number of nitrogens with two attached hydrogens (primary N) is 1. The smallest absolute Gasteiger partial charge is 0.141 e. The van der Waals surface area contributed by atoms with Gasteiger partial charge in [-0.2, -0.15) is 0 Å². The van der Waals surface area contributed by atoms with E-state index in [9.17, 15) is 0 Å². The van der Waals surface area contributed by atoms with Gasteiger partial charge in [-0.3, -0.25) is 0 Å². The van der Waals surface area contributed by atoms with E-state index in [0.717, 1.165) is 28.0 Å². The molecule has 5 heteroatoms. The standard InChI is InChI=1S/C16H16BrNO2S/c1-2-9-19-12-4-6-13(7-5-12)20-15-8-3-11(16(18)21)10-14(15)17/h3-8,10H,2,9H2,1H3,(H2,18,21). The van der Waals surface area contributed by atoms with Crippen LogP contribution in [0.2, 0.25) is 0 Å². The second kappa shape index (κ2) is 7.43. The molecule has 3 nitrogen and oxygen atoms in total. The second-order valence-corrected chi connectivity index (χ2v) is 5.73. The van der Waals surface area contributed by atoms with Crippen molar-refractivity contribution in [2.45, 2.75) is 13.3 Å². The topological polar surface area (TPSA) is 44.5 Å². The molecule has 0 radical (unpaired) electrons. The van der Waals surface area contributed by atoms with E-state index in [1.54, 1.807) is 0 Å². The van der Waals surface area contributed by atoms with Crippen LogP contribution in [0.25, 0.3) is 0 Å². The van der Waals surface area contributed by atoms with E-state index in [1.165, 1.54) is 0 Å². The van der Waals surface area contributed by atoms with Crippen molar-refractivity contribution < 1.29 is 9.47 Å². The van der Waals surface area contributed by atoms with Crippen LogP contribution in [-0.4, -0.2) is 11.6 Å². The minimum absolute atomic E-state index is 0.361. The summed E-state index contributed by atoms with van der Waals surface area (Å²) in [7, 11) is 0. The van der Waals surface area contributed by atoms with Crippen LogP contribution in [0.15, 0.2) is 46.9 Å². The number of halogens is 1. The number of hydrogen-bond acceptors (Lipinski definition) is 3. The van der Waals surface area contributed by atoms with E-state index in [2.05, 4.69) is 22.9 Å². The first-order valence-corrected chi connectivity index (χ1v) is 7.80. The van der Waals surface area contributed by atoms with Gasteiger partial charge in [-0.15, -0.1) is 0 Å². The summed E-state index contributed by atoms with van der Waals surface area (Å²) in [5, 5.41) is 0. The maximum atomic E-state index is 5.82. The average molecular weight is 366 g/mol. The van der Waals surface area contributed by atoms with Crippen molar-refractivity contribution in [1.82, 2.24) is 0 Å². The SMILES string of the molecule is CCCOc1ccc(Oc2ccc(C(N)=S)cc2Br)cc1. The molecule has 0 saturated carbocycles. The molecule has 0 heterocycles. The Balaban J connectivity index is 2.09. The van der Waals surface area contributed by atoms with Gasteiger partial charge < -0.3 is 15.2 Å². The van der Waals surface area contributed by atoms with Gasteiger partial charge in [0, 0.05) is 5.56 Å². The molecule has 21 heavy (non-hydrogen) atoms. The Kier molecular flexibility index (Phi) is 5.59. The number of hydrogen-bond donors (Lipinski definition) is 1. The van der Waals surface area contributed by atoms with Crippen molar-refractivity contribution in [1.29, 1.82) is 0 Å². The molecule has 0 aliphatic carbocycles. The fraction of sp³-hybridized carbons (Fsp3) is 0.188. The predicted octanol–water partition coefficient (Wildman–Crippen LogP) is 4.66. The van der Waals surface area contributed by atoms with Crippen molar-refractivity contribution in [2.24, 2.45) is 5.73 Å². The van der Waals surface area contributed by atoms with Crippen LogP contribution in [0.3, 0.4) is 0 Å². The van der Waals surface area contributed by atoms with Gasteiger partial charge in [0.15, 0.2) is 0 Å². The Morgan fingerprint density at radius 3 is 2.38 bits per heavy atom. The molecule has 0 atom stereocenters. The second-order valence-electron chi connectivity index (χ2n) is 4.43. The summed E-state index contributed by atoms with van der Waals surface area (Å²) in [5.74, 6) is 2.28. The first kappa shape index (κ1) is 15.8. The zero-order valence-electron chi connectivity index (χ0n) is 11.6. The summed E-state index contributed by atoms with van der Waals surface area (Å²) in [6.45, 7) is 2.79. The Labute approximate surface area is 138 Å². The highest BCUT2D eigenvalue weighted by molar-refractivity contribution is 9.10. The van der Waals surface area contributed by atoms with Gasteiger partial charge in [0.25, 0.3) is 0 Å². The molecule has 0 saturated heterocycles. The molecule has 0 bridgehead atoms. The van der Waals surface area contributed by atoms with Crippen LogP contribution in [0.4, 0.5) is 0 Å². The fourth-order valence-electron chi connectivity index (χ4n) is 1.69. The van der Waals surface area contributed by atoms with Crippen molar-refractivity contribution in [3.05, 3.63) is 52.5 Å². The molecule has 0 aromatic heterocycles. The fourth-order valence-corrected chi connectivity index (χ4v) is 2.27. The maximum Gasteiger partial charge on any atom is 0.141 e. The van der Waals surface area contributed by atoms with Crippen molar-refractivity contribution >= 4 is 33.1 Å². The Morgan fingerprint density at radius 2 is 1.81 bits per heavy atom. The van der Waals surface area contributed by atoms with Gasteiger partial charge >= 0.3 is 0 Å². The van der Waals surface area contributed by atoms with Gasteiger partial charge in [0.05, 0.1) is 11.1 Å². The summed E-state index contributed by atoms with van der Waals surface area (Å²) in [4.78, 5) is 0.361. The quantitative estimate of drug-likeness (QED) is 0.755. The molecule has 2 rings (SSSR count). The predicted molar refractivity (Wildman–Crippen MR) is 92.3 cm³/mol. The lowest BCUT2D eigenvalue weighted by molar-refractivity contribution is 0.317. The van der Waals surface area contributed by atoms with Crippen LogP contribution >= 0.6 is 28.1 Å². The largest absolute Gasteiger partial charge is 0.494 e. The Bertz CT molecular complexity index is 629. The average Bonchev–Trinajstić information content (AvgIpc) is 2.48. The third kappa shape index (κ3) is 4.44. The summed E-state index contributed by atoms with van der Waals surface area (Å²) >= 11 is 8.40. The van der Waals surface area contributed by atoms with E-state index in [-0.39, 0.29) is 0 Å². The molecular formula is C16H16BrNO2S. The highest BCUT2D eigenvalue weighted by Gasteiger charge is 2.06. The van der Waals surface area contributed by atoms with Crippen molar-refractivity contribution in [2.75, 3.05) is 6.61 Å². The third-order valence-electron chi connectivity index (χ3n) is 2.74. The minimum Gasteiger partial charge on any atom is -0.494 e. The molecule has 2 aromatic rings. The molecular weight excluding hydrogens is 350 g/mol. The van der Waals surface area contributed by atoms with E-state index in [4.69, 9.17) is 27.4 Å². The molecule has 2 aromatic carbocycles. The van der Waals surface area contributed by atoms with Crippen LogP contribution in [0, 0.1) is 0 Å². The van der Waals surface area contributed by atoms with Gasteiger partial charge in [0.1, 0.15) is 22.2 Å². The van der Waals surface area contributed by atoms with Crippen LogP contribution in [0.1, 0.15) is 18.9 Å². The lowest BCUT2D eigenvalue weighted by Crippen LogP contribution is -2.08. The van der Waals surface area contributed by atoms with Gasteiger partial charge in [-0.25, -0.2) is 0 Å². The van der Waals surface area contributed by atoms with Crippen molar-refractivity contribution in [3.63, 3.8) is 0 Å². The van der Waals surface area contributed by atoms with E-state index in [1.807, 2.05) is 42.5 Å². The van der Waals surface area contributed by atoms with Gasteiger partial charge in [0.2, 0.25) is 0 Å². The highest BCUT2D eigenvalue weighted by atomic mass is 79.9. The monoisotopic (exact) mass is 365 g/mol. The van der Waals surface area contributed by atoms with Crippen LogP contribution in [0.5, 0.6) is 17.2 Å². The normalized spacial score (nSPS) is 10.2. The van der Waals surface area contributed by atoms with Gasteiger partial charge in [-0.1, -0.05) is 19.1 Å². The number of thiocarbonyl (C=S) groups is 1. The Hall–Kier alpha value is -1.59. The third-order valence-corrected chi connectivity index (χ3v) is 3.60. The van der Waals surface area contributed by atoms with E-state index in [0.29, 0.717) is 17.3 Å².